The van der Waals surface area contributed by atoms with E-state index in [1.54, 1.807) is 0 Å². The maximum Gasteiger partial charge on any atom is 0.172 e. The highest BCUT2D eigenvalue weighted by atomic mass is 79.9. The number of pyridine rings is 2. The first-order valence-electron chi connectivity index (χ1n) is 17.5. The molecule has 0 radical (unpaired) electrons. The van der Waals surface area contributed by atoms with Crippen molar-refractivity contribution >= 4 is 35.7 Å². The van der Waals surface area contributed by atoms with E-state index < -0.39 is 0 Å². The van der Waals surface area contributed by atoms with Gasteiger partial charge in [-0.2, -0.15) is 0 Å². The molecule has 0 atom stereocenters. The summed E-state index contributed by atoms with van der Waals surface area (Å²) in [6, 6.07) is 22.2. The van der Waals surface area contributed by atoms with E-state index in [2.05, 4.69) is 170 Å². The predicted molar refractivity (Wildman–Crippen MR) is 199 cm³/mol. The van der Waals surface area contributed by atoms with Crippen molar-refractivity contribution in [2.45, 2.75) is 80.3 Å². The van der Waals surface area contributed by atoms with Crippen molar-refractivity contribution in [2.75, 3.05) is 36.0 Å². The van der Waals surface area contributed by atoms with Gasteiger partial charge in [-0.1, -0.05) is 48.6 Å². The fraction of sp³-hybridized carbons (Fsp3) is 0.381. The van der Waals surface area contributed by atoms with E-state index >= 15 is 0 Å². The third-order valence-corrected chi connectivity index (χ3v) is 9.06. The summed E-state index contributed by atoms with van der Waals surface area (Å²) in [5, 5.41) is 0. The van der Waals surface area contributed by atoms with E-state index in [4.69, 9.17) is 0 Å². The Morgan fingerprint density at radius 3 is 1.15 bits per heavy atom. The Bertz CT molecular complexity index is 1440. The molecule has 2 aromatic carbocycles. The predicted octanol–water partition coefficient (Wildman–Crippen LogP) is 3.18. The summed E-state index contributed by atoms with van der Waals surface area (Å²) in [5.41, 5.74) is 10.2. The maximum atomic E-state index is 2.37. The van der Waals surface area contributed by atoms with Crippen LogP contribution in [0.5, 0.6) is 0 Å². The van der Waals surface area contributed by atoms with Crippen LogP contribution in [0.4, 0.5) is 11.4 Å². The summed E-state index contributed by atoms with van der Waals surface area (Å²) in [6.07, 6.45) is 22.9. The van der Waals surface area contributed by atoms with Gasteiger partial charge in [-0.05, 0) is 101 Å². The number of anilines is 2. The normalized spacial score (nSPS) is 11.0. The lowest BCUT2D eigenvalue weighted by atomic mass is 10.1. The number of rotatable bonds is 17. The second-order valence-corrected chi connectivity index (χ2v) is 12.3. The fourth-order valence-electron chi connectivity index (χ4n) is 6.08. The van der Waals surface area contributed by atoms with Gasteiger partial charge < -0.3 is 43.8 Å². The van der Waals surface area contributed by atoms with Crippen LogP contribution in [0.1, 0.15) is 86.8 Å². The number of unbranched alkanes of at least 4 members (excludes halogenated alkanes) is 3. The van der Waals surface area contributed by atoms with Crippen molar-refractivity contribution in [3.63, 3.8) is 0 Å². The maximum absolute atomic E-state index is 2.37. The van der Waals surface area contributed by atoms with Crippen molar-refractivity contribution < 1.29 is 43.1 Å². The monoisotopic (exact) mass is 774 g/mol. The van der Waals surface area contributed by atoms with Gasteiger partial charge >= 0.3 is 0 Å². The van der Waals surface area contributed by atoms with Gasteiger partial charge in [0, 0.05) is 73.7 Å². The van der Waals surface area contributed by atoms with Crippen LogP contribution in [0.15, 0.2) is 85.5 Å². The smallest absolute Gasteiger partial charge is 0.172 e. The molecule has 4 rings (SSSR count). The van der Waals surface area contributed by atoms with E-state index in [0.717, 1.165) is 39.3 Å². The molecule has 48 heavy (non-hydrogen) atoms. The summed E-state index contributed by atoms with van der Waals surface area (Å²) in [4.78, 5) is 4.75. The Kier molecular flexibility index (Phi) is 18.5. The second-order valence-electron chi connectivity index (χ2n) is 12.3. The molecular weight excluding hydrogens is 720 g/mol. The molecule has 0 aliphatic heterocycles. The topological polar surface area (TPSA) is 14.2 Å². The Morgan fingerprint density at radius 2 is 0.833 bits per heavy atom. The lowest BCUT2D eigenvalue weighted by Gasteiger charge is -2.20. The molecule has 258 valence electrons. The van der Waals surface area contributed by atoms with Gasteiger partial charge in [0.2, 0.25) is 0 Å². The molecule has 0 saturated carbocycles. The van der Waals surface area contributed by atoms with E-state index in [9.17, 15) is 0 Å². The molecule has 0 bridgehead atoms. The molecule has 0 N–H and O–H groups in total. The first-order chi connectivity index (χ1) is 22.4. The molecule has 0 aliphatic carbocycles. The molecule has 0 fully saturated rings. The van der Waals surface area contributed by atoms with Crippen LogP contribution in [0, 0.1) is 13.8 Å². The highest BCUT2D eigenvalue weighted by molar-refractivity contribution is 5.72. The minimum absolute atomic E-state index is 0. The highest BCUT2D eigenvalue weighted by Gasteiger charge is 2.07. The Morgan fingerprint density at radius 1 is 0.479 bits per heavy atom. The first-order valence-corrected chi connectivity index (χ1v) is 17.5. The van der Waals surface area contributed by atoms with Crippen LogP contribution in [0.25, 0.3) is 24.3 Å². The van der Waals surface area contributed by atoms with Gasteiger partial charge in [0.05, 0.1) is 0 Å². The molecule has 0 spiro atoms. The number of nitrogens with zero attached hydrogens (tertiary/aromatic N) is 4. The summed E-state index contributed by atoms with van der Waals surface area (Å²) >= 11 is 0. The minimum atomic E-state index is 0. The Labute approximate surface area is 312 Å². The zero-order chi connectivity index (χ0) is 32.7. The van der Waals surface area contributed by atoms with Gasteiger partial charge in [-0.15, -0.1) is 0 Å². The molecule has 2 aromatic heterocycles. The van der Waals surface area contributed by atoms with E-state index in [0.29, 0.717) is 0 Å². The van der Waals surface area contributed by atoms with E-state index in [1.807, 2.05) is 0 Å². The third kappa shape index (κ3) is 12.3. The average molecular weight is 777 g/mol. The molecule has 2 heterocycles. The summed E-state index contributed by atoms with van der Waals surface area (Å²) in [6.45, 7) is 19.5. The SMILES string of the molecule is CCN(CC)c1ccc(/C=C/c2cc[n+](CCCCCC[n+]3ccc(/C=C/c4ccc(N(CC)CC)cc4)c(C)c3)cc2C)cc1.[Br-].[Br-]. The molecule has 0 aliphatic rings. The van der Waals surface area contributed by atoms with Crippen molar-refractivity contribution in [3.05, 3.63) is 119 Å². The van der Waals surface area contributed by atoms with Gasteiger partial charge in [-0.25, -0.2) is 9.13 Å². The number of halogens is 2. The average Bonchev–Trinajstić information content (AvgIpc) is 3.08. The summed E-state index contributed by atoms with van der Waals surface area (Å²) in [7, 11) is 0. The first kappa shape index (κ1) is 41.0. The van der Waals surface area contributed by atoms with Crippen LogP contribution in [0.3, 0.4) is 0 Å². The van der Waals surface area contributed by atoms with Crippen LogP contribution in [0.2, 0.25) is 0 Å². The molecule has 4 aromatic rings. The number of benzene rings is 2. The van der Waals surface area contributed by atoms with Crippen LogP contribution >= 0.6 is 0 Å². The lowest BCUT2D eigenvalue weighted by molar-refractivity contribution is -0.699. The highest BCUT2D eigenvalue weighted by Crippen LogP contribution is 2.19. The molecule has 6 heteroatoms. The quantitative estimate of drug-likeness (QED) is 0.121. The van der Waals surface area contributed by atoms with Gasteiger partial charge in [-0.3, -0.25) is 0 Å². The number of hydrogen-bond donors (Lipinski definition) is 0. The molecule has 0 saturated heterocycles. The molecule has 4 nitrogen and oxygen atoms in total. The zero-order valence-electron chi connectivity index (χ0n) is 30.0. The summed E-state index contributed by atoms with van der Waals surface area (Å²) < 4.78 is 4.69. The Hall–Kier alpha value is -3.22. The van der Waals surface area contributed by atoms with E-state index in [1.165, 1.54) is 70.4 Å². The van der Waals surface area contributed by atoms with E-state index in [-0.39, 0.29) is 34.0 Å². The van der Waals surface area contributed by atoms with Gasteiger partial charge in [0.15, 0.2) is 24.8 Å². The largest absolute Gasteiger partial charge is 1.00 e. The number of hydrogen-bond acceptors (Lipinski definition) is 2. The van der Waals surface area contributed by atoms with Gasteiger partial charge in [0.1, 0.15) is 13.1 Å². The van der Waals surface area contributed by atoms with Crippen molar-refractivity contribution in [2.24, 2.45) is 0 Å². The molecule has 0 amide bonds. The fourth-order valence-corrected chi connectivity index (χ4v) is 6.08. The summed E-state index contributed by atoms with van der Waals surface area (Å²) in [5.74, 6) is 0. The lowest BCUT2D eigenvalue weighted by Crippen LogP contribution is -3.00. The number of aromatic nitrogens is 2. The van der Waals surface area contributed by atoms with Crippen molar-refractivity contribution in [1.82, 2.24) is 0 Å². The standard InChI is InChI=1S/C42H56N4.2BrH/c1-7-45(8-2)41-23-17-37(18-24-41)15-21-39-27-31-43(33-35(39)5)29-13-11-12-14-30-44-32-28-40(36(6)34-44)22-16-38-19-25-42(26-20-38)46(9-3)10-4;;/h15-28,31-34H,7-14,29-30H2,1-6H3;2*1H/q+2;;/p-2. The Balaban J connectivity index is 0.00000400. The van der Waals surface area contributed by atoms with Crippen molar-refractivity contribution in [3.8, 4) is 0 Å². The zero-order valence-corrected chi connectivity index (χ0v) is 33.2. The third-order valence-electron chi connectivity index (χ3n) is 9.06. The number of aryl methyl sites for hydroxylation is 4. The van der Waals surface area contributed by atoms with Crippen molar-refractivity contribution in [1.29, 1.82) is 0 Å². The molecular formula is C42H56Br2N4. The van der Waals surface area contributed by atoms with Gasteiger partial charge in [0.25, 0.3) is 0 Å². The van der Waals surface area contributed by atoms with Crippen LogP contribution < -0.4 is 52.9 Å². The minimum Gasteiger partial charge on any atom is -1.00 e. The van der Waals surface area contributed by atoms with Crippen LogP contribution in [-0.2, 0) is 13.1 Å². The van der Waals surface area contributed by atoms with Crippen LogP contribution in [-0.4, -0.2) is 26.2 Å². The second kappa shape index (κ2) is 21.7. The molecule has 0 unspecified atom stereocenters.